The van der Waals surface area contributed by atoms with Gasteiger partial charge in [0.15, 0.2) is 0 Å². The lowest BCUT2D eigenvalue weighted by atomic mass is 9.80. The van der Waals surface area contributed by atoms with E-state index in [4.69, 9.17) is 5.26 Å². The van der Waals surface area contributed by atoms with Crippen molar-refractivity contribution >= 4 is 6.08 Å². The van der Waals surface area contributed by atoms with Crippen molar-refractivity contribution in [2.45, 2.75) is 24.9 Å². The van der Waals surface area contributed by atoms with Gasteiger partial charge in [0.1, 0.15) is 0 Å². The van der Waals surface area contributed by atoms with E-state index in [2.05, 4.69) is 11.4 Å². The monoisotopic (exact) mass is 242 g/mol. The van der Waals surface area contributed by atoms with E-state index in [0.29, 0.717) is 12.1 Å². The molecule has 0 spiro atoms. The SMILES string of the molecule is N#Cc1ccc(/C=C/CNCC2(O)CCC2)cc1. The van der Waals surface area contributed by atoms with Crippen LogP contribution in [0.15, 0.2) is 30.3 Å². The lowest BCUT2D eigenvalue weighted by Crippen LogP contribution is -2.46. The number of aliphatic hydroxyl groups is 1. The molecule has 1 saturated carbocycles. The number of nitrogens with zero attached hydrogens (tertiary/aromatic N) is 1. The van der Waals surface area contributed by atoms with Gasteiger partial charge >= 0.3 is 0 Å². The molecule has 0 bridgehead atoms. The molecule has 3 heteroatoms. The molecule has 0 unspecified atom stereocenters. The van der Waals surface area contributed by atoms with Gasteiger partial charge in [0, 0.05) is 13.1 Å². The summed E-state index contributed by atoms with van der Waals surface area (Å²) in [4.78, 5) is 0. The predicted molar refractivity (Wildman–Crippen MR) is 71.9 cm³/mol. The first-order valence-electron chi connectivity index (χ1n) is 6.32. The van der Waals surface area contributed by atoms with Gasteiger partial charge in [-0.3, -0.25) is 0 Å². The molecule has 2 N–H and O–H groups in total. The quantitative estimate of drug-likeness (QED) is 0.777. The van der Waals surface area contributed by atoms with Gasteiger partial charge in [-0.05, 0) is 37.0 Å². The maximum atomic E-state index is 9.87. The van der Waals surface area contributed by atoms with Gasteiger partial charge in [-0.2, -0.15) is 5.26 Å². The summed E-state index contributed by atoms with van der Waals surface area (Å²) in [5.74, 6) is 0. The number of hydrogen-bond acceptors (Lipinski definition) is 3. The van der Waals surface area contributed by atoms with E-state index in [1.807, 2.05) is 36.4 Å². The van der Waals surface area contributed by atoms with Gasteiger partial charge in [0.25, 0.3) is 0 Å². The third-order valence-electron chi connectivity index (χ3n) is 3.35. The van der Waals surface area contributed by atoms with Gasteiger partial charge in [0.2, 0.25) is 0 Å². The average Bonchev–Trinajstić information content (AvgIpc) is 2.37. The molecule has 2 rings (SSSR count). The van der Waals surface area contributed by atoms with Crippen LogP contribution in [0, 0.1) is 11.3 Å². The van der Waals surface area contributed by atoms with E-state index in [1.165, 1.54) is 0 Å². The van der Waals surface area contributed by atoms with Crippen LogP contribution in [0.25, 0.3) is 6.08 Å². The Morgan fingerprint density at radius 1 is 1.33 bits per heavy atom. The molecule has 18 heavy (non-hydrogen) atoms. The summed E-state index contributed by atoms with van der Waals surface area (Å²) in [7, 11) is 0. The van der Waals surface area contributed by atoms with E-state index in [9.17, 15) is 5.11 Å². The first-order chi connectivity index (χ1) is 8.72. The highest BCUT2D eigenvalue weighted by Crippen LogP contribution is 2.30. The Morgan fingerprint density at radius 2 is 2.06 bits per heavy atom. The third-order valence-corrected chi connectivity index (χ3v) is 3.35. The molecular formula is C15H18N2O. The molecule has 1 aromatic rings. The predicted octanol–water partition coefficient (Wildman–Crippen LogP) is 2.08. The van der Waals surface area contributed by atoms with Gasteiger partial charge in [-0.15, -0.1) is 0 Å². The second-order valence-electron chi connectivity index (χ2n) is 4.84. The van der Waals surface area contributed by atoms with Crippen LogP contribution in [0.2, 0.25) is 0 Å². The van der Waals surface area contributed by atoms with Crippen LogP contribution in [0.1, 0.15) is 30.4 Å². The molecule has 3 nitrogen and oxygen atoms in total. The molecule has 0 atom stereocenters. The van der Waals surface area contributed by atoms with Crippen molar-refractivity contribution in [2.24, 2.45) is 0 Å². The molecule has 0 aliphatic heterocycles. The number of nitrogens with one attached hydrogen (secondary N) is 1. The molecule has 0 heterocycles. The zero-order valence-corrected chi connectivity index (χ0v) is 10.4. The Labute approximate surface area is 108 Å². The number of hydrogen-bond donors (Lipinski definition) is 2. The van der Waals surface area contributed by atoms with E-state index in [-0.39, 0.29) is 0 Å². The fourth-order valence-electron chi connectivity index (χ4n) is 2.01. The average molecular weight is 242 g/mol. The lowest BCUT2D eigenvalue weighted by Gasteiger charge is -2.36. The maximum Gasteiger partial charge on any atom is 0.0991 e. The Morgan fingerprint density at radius 3 is 2.61 bits per heavy atom. The van der Waals surface area contributed by atoms with E-state index in [1.54, 1.807) is 0 Å². The Kier molecular flexibility index (Phi) is 4.14. The molecule has 0 radical (unpaired) electrons. The van der Waals surface area contributed by atoms with E-state index < -0.39 is 5.60 Å². The summed E-state index contributed by atoms with van der Waals surface area (Å²) in [6.45, 7) is 1.42. The van der Waals surface area contributed by atoms with Crippen LogP contribution >= 0.6 is 0 Å². The van der Waals surface area contributed by atoms with Crippen LogP contribution < -0.4 is 5.32 Å². The topological polar surface area (TPSA) is 56.0 Å². The van der Waals surface area contributed by atoms with Crippen LogP contribution in [0.4, 0.5) is 0 Å². The van der Waals surface area contributed by atoms with Gasteiger partial charge in [0.05, 0.1) is 17.2 Å². The Hall–Kier alpha value is -1.63. The minimum atomic E-state index is -0.456. The van der Waals surface area contributed by atoms with Crippen molar-refractivity contribution in [3.05, 3.63) is 41.5 Å². The van der Waals surface area contributed by atoms with Crippen molar-refractivity contribution in [1.29, 1.82) is 5.26 Å². The molecular weight excluding hydrogens is 224 g/mol. The summed E-state index contributed by atoms with van der Waals surface area (Å²) in [5, 5.41) is 21.8. The maximum absolute atomic E-state index is 9.87. The molecule has 1 aliphatic rings. The number of nitriles is 1. The lowest BCUT2D eigenvalue weighted by molar-refractivity contribution is -0.0305. The van der Waals surface area contributed by atoms with Crippen molar-refractivity contribution in [3.8, 4) is 6.07 Å². The van der Waals surface area contributed by atoms with Crippen LogP contribution in [0.3, 0.4) is 0 Å². The molecule has 1 aliphatic carbocycles. The summed E-state index contributed by atoms with van der Waals surface area (Å²) in [6.07, 6.45) is 7.01. The molecule has 1 aromatic carbocycles. The molecule has 1 fully saturated rings. The molecule has 94 valence electrons. The van der Waals surface area contributed by atoms with E-state index >= 15 is 0 Å². The van der Waals surface area contributed by atoms with Crippen molar-refractivity contribution < 1.29 is 5.11 Å². The summed E-state index contributed by atoms with van der Waals surface area (Å²) in [5.41, 5.74) is 1.30. The summed E-state index contributed by atoms with van der Waals surface area (Å²) >= 11 is 0. The first kappa shape index (κ1) is 12.8. The smallest absolute Gasteiger partial charge is 0.0991 e. The minimum absolute atomic E-state index is 0.456. The van der Waals surface area contributed by atoms with Gasteiger partial charge in [-0.1, -0.05) is 24.3 Å². The number of benzene rings is 1. The normalized spacial score (nSPS) is 17.3. The zero-order chi connectivity index (χ0) is 12.8. The fraction of sp³-hybridized carbons (Fsp3) is 0.400. The van der Waals surface area contributed by atoms with E-state index in [0.717, 1.165) is 31.4 Å². The zero-order valence-electron chi connectivity index (χ0n) is 10.4. The van der Waals surface area contributed by atoms with Crippen molar-refractivity contribution in [3.63, 3.8) is 0 Å². The highest BCUT2D eigenvalue weighted by molar-refractivity contribution is 5.51. The minimum Gasteiger partial charge on any atom is -0.389 e. The van der Waals surface area contributed by atoms with Gasteiger partial charge < -0.3 is 10.4 Å². The standard InChI is InChI=1S/C15H18N2O/c16-11-14-6-4-13(5-7-14)3-1-10-17-12-15(18)8-2-9-15/h1,3-7,17-18H,2,8-10,12H2/b3-1+. The highest BCUT2D eigenvalue weighted by Gasteiger charge is 2.33. The van der Waals surface area contributed by atoms with Crippen LogP contribution in [-0.4, -0.2) is 23.8 Å². The molecule has 0 saturated heterocycles. The summed E-state index contributed by atoms with van der Waals surface area (Å²) in [6, 6.07) is 9.57. The summed E-state index contributed by atoms with van der Waals surface area (Å²) < 4.78 is 0. The molecule has 0 amide bonds. The Bertz CT molecular complexity index is 452. The highest BCUT2D eigenvalue weighted by atomic mass is 16.3. The van der Waals surface area contributed by atoms with Crippen molar-refractivity contribution in [2.75, 3.05) is 13.1 Å². The second-order valence-corrected chi connectivity index (χ2v) is 4.84. The second kappa shape index (κ2) is 5.81. The van der Waals surface area contributed by atoms with Gasteiger partial charge in [-0.25, -0.2) is 0 Å². The third kappa shape index (κ3) is 3.43. The largest absolute Gasteiger partial charge is 0.389 e. The fourth-order valence-corrected chi connectivity index (χ4v) is 2.01. The first-order valence-corrected chi connectivity index (χ1v) is 6.32. The number of rotatable bonds is 5. The molecule has 0 aromatic heterocycles. The van der Waals surface area contributed by atoms with Crippen LogP contribution in [0.5, 0.6) is 0 Å². The van der Waals surface area contributed by atoms with Crippen molar-refractivity contribution in [1.82, 2.24) is 5.32 Å². The van der Waals surface area contributed by atoms with Crippen LogP contribution in [-0.2, 0) is 0 Å². The Balaban J connectivity index is 1.72.